The molecule has 0 fully saturated rings. The lowest BCUT2D eigenvalue weighted by Gasteiger charge is -1.86. The van der Waals surface area contributed by atoms with Crippen molar-refractivity contribution in [2.24, 2.45) is 0 Å². The number of furan rings is 1. The number of hydrogen-bond acceptors (Lipinski definition) is 2. The number of carbonyl (C=O) groups is 1. The van der Waals surface area contributed by atoms with Crippen molar-refractivity contribution in [3.8, 4) is 0 Å². The molecule has 2 nitrogen and oxygen atoms in total. The summed E-state index contributed by atoms with van der Waals surface area (Å²) in [7, 11) is 0. The van der Waals surface area contributed by atoms with Gasteiger partial charge in [-0.25, -0.2) is 0 Å². The Labute approximate surface area is 63.8 Å². The average Bonchev–Trinajstić information content (AvgIpc) is 2.37. The van der Waals surface area contributed by atoms with Crippen molar-refractivity contribution in [2.75, 3.05) is 5.88 Å². The van der Waals surface area contributed by atoms with Crippen LogP contribution in [-0.2, 0) is 6.42 Å². The lowest BCUT2D eigenvalue weighted by atomic mass is 10.4. The zero-order valence-electron chi connectivity index (χ0n) is 5.34. The van der Waals surface area contributed by atoms with Gasteiger partial charge in [0.05, 0.1) is 0 Å². The summed E-state index contributed by atoms with van der Waals surface area (Å²) in [6, 6.07) is 3.39. The Morgan fingerprint density at radius 1 is 1.60 bits per heavy atom. The van der Waals surface area contributed by atoms with Gasteiger partial charge in [-0.3, -0.25) is 4.79 Å². The van der Waals surface area contributed by atoms with Gasteiger partial charge in [0.15, 0.2) is 12.0 Å². The molecule has 0 aliphatic heterocycles. The summed E-state index contributed by atoms with van der Waals surface area (Å²) in [5.74, 6) is 1.64. The van der Waals surface area contributed by atoms with Gasteiger partial charge >= 0.3 is 0 Å². The van der Waals surface area contributed by atoms with E-state index in [0.717, 1.165) is 5.76 Å². The fraction of sp³-hybridized carbons (Fsp3) is 0.286. The molecular formula is C7H7ClO2. The summed E-state index contributed by atoms with van der Waals surface area (Å²) < 4.78 is 5.02. The SMILES string of the molecule is O=Cc1ccc(CCCl)o1. The van der Waals surface area contributed by atoms with E-state index in [0.29, 0.717) is 24.3 Å². The van der Waals surface area contributed by atoms with Crippen LogP contribution in [0, 0.1) is 0 Å². The summed E-state index contributed by atoms with van der Waals surface area (Å²) in [5, 5.41) is 0. The van der Waals surface area contributed by atoms with E-state index in [1.165, 1.54) is 0 Å². The molecule has 3 heteroatoms. The molecule has 0 N–H and O–H groups in total. The molecule has 0 radical (unpaired) electrons. The Kier molecular flexibility index (Phi) is 2.51. The minimum atomic E-state index is 0.361. The smallest absolute Gasteiger partial charge is 0.185 e. The molecule has 0 spiro atoms. The first kappa shape index (κ1) is 7.35. The predicted molar refractivity (Wildman–Crippen MR) is 38.5 cm³/mol. The van der Waals surface area contributed by atoms with E-state index < -0.39 is 0 Å². The highest BCUT2D eigenvalue weighted by Gasteiger charge is 1.98. The molecule has 1 aromatic rings. The average molecular weight is 159 g/mol. The third-order valence-corrected chi connectivity index (χ3v) is 1.33. The van der Waals surface area contributed by atoms with Crippen LogP contribution in [0.4, 0.5) is 0 Å². The molecule has 0 saturated heterocycles. The molecule has 1 aromatic heterocycles. The Morgan fingerprint density at radius 3 is 2.90 bits per heavy atom. The molecule has 0 bridgehead atoms. The highest BCUT2D eigenvalue weighted by Crippen LogP contribution is 2.06. The molecule has 0 aromatic carbocycles. The molecule has 0 unspecified atom stereocenters. The highest BCUT2D eigenvalue weighted by molar-refractivity contribution is 6.17. The predicted octanol–water partition coefficient (Wildman–Crippen LogP) is 1.87. The molecule has 54 valence electrons. The summed E-state index contributed by atoms with van der Waals surface area (Å²) in [6.45, 7) is 0. The Morgan fingerprint density at radius 2 is 2.40 bits per heavy atom. The van der Waals surface area contributed by atoms with Gasteiger partial charge in [0.1, 0.15) is 5.76 Å². The molecule has 0 aliphatic rings. The minimum absolute atomic E-state index is 0.361. The maximum Gasteiger partial charge on any atom is 0.185 e. The second kappa shape index (κ2) is 3.42. The molecule has 10 heavy (non-hydrogen) atoms. The van der Waals surface area contributed by atoms with E-state index in [4.69, 9.17) is 16.0 Å². The number of aldehydes is 1. The van der Waals surface area contributed by atoms with Crippen LogP contribution in [0.15, 0.2) is 16.5 Å². The quantitative estimate of drug-likeness (QED) is 0.497. The maximum absolute atomic E-state index is 10.1. The third-order valence-electron chi connectivity index (χ3n) is 1.14. The van der Waals surface area contributed by atoms with E-state index in [2.05, 4.69) is 0 Å². The van der Waals surface area contributed by atoms with Gasteiger partial charge in [-0.05, 0) is 12.1 Å². The van der Waals surface area contributed by atoms with Crippen molar-refractivity contribution in [1.29, 1.82) is 0 Å². The summed E-state index contributed by atoms with van der Waals surface area (Å²) in [4.78, 5) is 10.1. The van der Waals surface area contributed by atoms with Gasteiger partial charge in [0.25, 0.3) is 0 Å². The molecule has 0 aliphatic carbocycles. The monoisotopic (exact) mass is 158 g/mol. The van der Waals surface area contributed by atoms with Crippen molar-refractivity contribution >= 4 is 17.9 Å². The van der Waals surface area contributed by atoms with Gasteiger partial charge < -0.3 is 4.42 Å². The number of alkyl halides is 1. The van der Waals surface area contributed by atoms with Crippen LogP contribution in [0.1, 0.15) is 16.3 Å². The van der Waals surface area contributed by atoms with Gasteiger partial charge in [-0.15, -0.1) is 11.6 Å². The second-order valence-electron chi connectivity index (χ2n) is 1.86. The molecule has 1 rings (SSSR count). The molecule has 0 saturated carbocycles. The second-order valence-corrected chi connectivity index (χ2v) is 2.24. The molecule has 0 atom stereocenters. The van der Waals surface area contributed by atoms with Crippen molar-refractivity contribution in [1.82, 2.24) is 0 Å². The first-order valence-corrected chi connectivity index (χ1v) is 3.50. The first-order chi connectivity index (χ1) is 4.86. The number of halogens is 1. The Balaban J connectivity index is 2.68. The topological polar surface area (TPSA) is 30.2 Å². The summed E-state index contributed by atoms with van der Waals surface area (Å²) in [5.41, 5.74) is 0. The number of rotatable bonds is 3. The fourth-order valence-corrected chi connectivity index (χ4v) is 0.872. The van der Waals surface area contributed by atoms with Crippen molar-refractivity contribution in [3.63, 3.8) is 0 Å². The summed E-state index contributed by atoms with van der Waals surface area (Å²) >= 11 is 5.44. The first-order valence-electron chi connectivity index (χ1n) is 2.96. The maximum atomic E-state index is 10.1. The Bertz CT molecular complexity index is 217. The van der Waals surface area contributed by atoms with Crippen molar-refractivity contribution < 1.29 is 9.21 Å². The van der Waals surface area contributed by atoms with Crippen LogP contribution in [0.25, 0.3) is 0 Å². The van der Waals surface area contributed by atoms with Gasteiger partial charge in [0.2, 0.25) is 0 Å². The number of hydrogen-bond donors (Lipinski definition) is 0. The normalized spacial score (nSPS) is 9.70. The lowest BCUT2D eigenvalue weighted by molar-refractivity contribution is 0.109. The molecular weight excluding hydrogens is 152 g/mol. The number of carbonyl (C=O) groups excluding carboxylic acids is 1. The third kappa shape index (κ3) is 1.61. The van der Waals surface area contributed by atoms with E-state index in [1.54, 1.807) is 12.1 Å². The van der Waals surface area contributed by atoms with Gasteiger partial charge in [-0.2, -0.15) is 0 Å². The fourth-order valence-electron chi connectivity index (χ4n) is 0.685. The lowest BCUT2D eigenvalue weighted by Crippen LogP contribution is -1.80. The van der Waals surface area contributed by atoms with Crippen LogP contribution in [0.5, 0.6) is 0 Å². The molecule has 1 heterocycles. The largest absolute Gasteiger partial charge is 0.458 e. The summed E-state index contributed by atoms with van der Waals surface area (Å²) in [6.07, 6.45) is 1.35. The van der Waals surface area contributed by atoms with Gasteiger partial charge in [0, 0.05) is 12.3 Å². The van der Waals surface area contributed by atoms with Crippen LogP contribution in [0.2, 0.25) is 0 Å². The van der Waals surface area contributed by atoms with E-state index >= 15 is 0 Å². The van der Waals surface area contributed by atoms with Crippen molar-refractivity contribution in [2.45, 2.75) is 6.42 Å². The van der Waals surface area contributed by atoms with Crippen LogP contribution >= 0.6 is 11.6 Å². The van der Waals surface area contributed by atoms with E-state index in [-0.39, 0.29) is 0 Å². The number of aryl methyl sites for hydroxylation is 1. The van der Waals surface area contributed by atoms with E-state index in [9.17, 15) is 4.79 Å². The van der Waals surface area contributed by atoms with Crippen molar-refractivity contribution in [3.05, 3.63) is 23.7 Å². The van der Waals surface area contributed by atoms with Crippen LogP contribution in [0.3, 0.4) is 0 Å². The Hall–Kier alpha value is -0.760. The highest BCUT2D eigenvalue weighted by atomic mass is 35.5. The van der Waals surface area contributed by atoms with Gasteiger partial charge in [-0.1, -0.05) is 0 Å². The zero-order chi connectivity index (χ0) is 7.40. The van der Waals surface area contributed by atoms with Crippen LogP contribution in [-0.4, -0.2) is 12.2 Å². The zero-order valence-corrected chi connectivity index (χ0v) is 6.10. The standard InChI is InChI=1S/C7H7ClO2/c8-4-3-6-1-2-7(5-9)10-6/h1-2,5H,3-4H2. The molecule has 0 amide bonds. The van der Waals surface area contributed by atoms with E-state index in [1.807, 2.05) is 0 Å². The minimum Gasteiger partial charge on any atom is -0.458 e. The van der Waals surface area contributed by atoms with Crippen LogP contribution < -0.4 is 0 Å².